The number of urea groups is 1. The SMILES string of the molecule is CC(C)CC(CNC(=O)NCC(=O)N1CCCC1)C(=O)O. The Hall–Kier alpha value is -1.79. The third-order valence-electron chi connectivity index (χ3n) is 3.47. The van der Waals surface area contributed by atoms with E-state index in [9.17, 15) is 14.4 Å². The van der Waals surface area contributed by atoms with Gasteiger partial charge in [0.25, 0.3) is 0 Å². The van der Waals surface area contributed by atoms with Gasteiger partial charge < -0.3 is 20.6 Å². The van der Waals surface area contributed by atoms with Crippen molar-refractivity contribution in [2.45, 2.75) is 33.1 Å². The first-order valence-electron chi connectivity index (χ1n) is 7.42. The number of carboxylic acid groups (broad SMARTS) is 1. The Balaban J connectivity index is 2.25. The standard InChI is InChI=1S/C14H25N3O4/c1-10(2)7-11(13(19)20)8-15-14(21)16-9-12(18)17-5-3-4-6-17/h10-11H,3-9H2,1-2H3,(H,19,20)(H2,15,16,21). The van der Waals surface area contributed by atoms with Gasteiger partial charge in [0.05, 0.1) is 12.5 Å². The van der Waals surface area contributed by atoms with Gasteiger partial charge in [0.1, 0.15) is 0 Å². The Morgan fingerprint density at radius 1 is 1.14 bits per heavy atom. The Labute approximate surface area is 125 Å². The lowest BCUT2D eigenvalue weighted by Crippen LogP contribution is -2.44. The molecule has 1 aliphatic rings. The monoisotopic (exact) mass is 299 g/mol. The van der Waals surface area contributed by atoms with Gasteiger partial charge in [-0.3, -0.25) is 9.59 Å². The van der Waals surface area contributed by atoms with E-state index in [0.29, 0.717) is 6.42 Å². The highest BCUT2D eigenvalue weighted by Crippen LogP contribution is 2.11. The van der Waals surface area contributed by atoms with Crippen molar-refractivity contribution >= 4 is 17.9 Å². The number of rotatable bonds is 7. The fourth-order valence-electron chi connectivity index (χ4n) is 2.35. The normalized spacial score (nSPS) is 15.9. The zero-order valence-electron chi connectivity index (χ0n) is 12.7. The Morgan fingerprint density at radius 3 is 2.29 bits per heavy atom. The van der Waals surface area contributed by atoms with Crippen LogP contribution >= 0.6 is 0 Å². The van der Waals surface area contributed by atoms with Gasteiger partial charge in [0.2, 0.25) is 5.91 Å². The zero-order chi connectivity index (χ0) is 15.8. The predicted octanol–water partition coefficient (Wildman–Crippen LogP) is 0.655. The molecule has 7 nitrogen and oxygen atoms in total. The zero-order valence-corrected chi connectivity index (χ0v) is 12.7. The van der Waals surface area contributed by atoms with Crippen LogP contribution in [-0.4, -0.2) is 54.1 Å². The maximum Gasteiger partial charge on any atom is 0.315 e. The molecule has 0 bridgehead atoms. The molecule has 7 heteroatoms. The second kappa shape index (κ2) is 8.49. The number of amides is 3. The van der Waals surface area contributed by atoms with E-state index >= 15 is 0 Å². The van der Waals surface area contributed by atoms with Crippen molar-refractivity contribution in [1.29, 1.82) is 0 Å². The average Bonchev–Trinajstić information content (AvgIpc) is 2.94. The summed E-state index contributed by atoms with van der Waals surface area (Å²) in [5.74, 6) is -1.38. The summed E-state index contributed by atoms with van der Waals surface area (Å²) >= 11 is 0. The molecule has 0 aromatic heterocycles. The third kappa shape index (κ3) is 6.46. The molecule has 0 aromatic carbocycles. The second-order valence-electron chi connectivity index (χ2n) is 5.82. The minimum absolute atomic E-state index is 0.0479. The van der Waals surface area contributed by atoms with E-state index in [1.165, 1.54) is 0 Å². The number of carbonyl (C=O) groups is 3. The summed E-state index contributed by atoms with van der Waals surface area (Å²) in [6, 6.07) is -0.502. The smallest absolute Gasteiger partial charge is 0.315 e. The maximum absolute atomic E-state index is 11.7. The van der Waals surface area contributed by atoms with Gasteiger partial charge in [-0.2, -0.15) is 0 Å². The molecule has 0 saturated carbocycles. The molecule has 1 saturated heterocycles. The van der Waals surface area contributed by atoms with Gasteiger partial charge in [-0.1, -0.05) is 13.8 Å². The van der Waals surface area contributed by atoms with Crippen molar-refractivity contribution in [1.82, 2.24) is 15.5 Å². The highest BCUT2D eigenvalue weighted by Gasteiger charge is 2.21. The number of carboxylic acids is 1. The van der Waals surface area contributed by atoms with E-state index in [0.717, 1.165) is 25.9 Å². The lowest BCUT2D eigenvalue weighted by atomic mass is 9.97. The van der Waals surface area contributed by atoms with Crippen molar-refractivity contribution in [3.05, 3.63) is 0 Å². The number of likely N-dealkylation sites (tertiary alicyclic amines) is 1. The van der Waals surface area contributed by atoms with Crippen molar-refractivity contribution in [2.75, 3.05) is 26.2 Å². The largest absolute Gasteiger partial charge is 0.481 e. The van der Waals surface area contributed by atoms with Crippen LogP contribution in [0, 0.1) is 11.8 Å². The molecule has 0 aromatic rings. The molecule has 0 aliphatic carbocycles. The number of hydrogen-bond donors (Lipinski definition) is 3. The highest BCUT2D eigenvalue weighted by molar-refractivity contribution is 5.84. The molecule has 0 spiro atoms. The maximum atomic E-state index is 11.7. The molecule has 1 fully saturated rings. The Kier molecular flexibility index (Phi) is 6.98. The summed E-state index contributed by atoms with van der Waals surface area (Å²) in [6.07, 6.45) is 2.52. The van der Waals surface area contributed by atoms with Gasteiger partial charge in [-0.25, -0.2) is 4.79 Å². The van der Waals surface area contributed by atoms with Crippen molar-refractivity contribution < 1.29 is 19.5 Å². The van der Waals surface area contributed by atoms with E-state index in [1.807, 2.05) is 13.8 Å². The number of carbonyl (C=O) groups excluding carboxylic acids is 2. The lowest BCUT2D eigenvalue weighted by Gasteiger charge is -2.17. The van der Waals surface area contributed by atoms with E-state index < -0.39 is 17.9 Å². The summed E-state index contributed by atoms with van der Waals surface area (Å²) in [5, 5.41) is 14.1. The molecule has 1 atom stereocenters. The van der Waals surface area contributed by atoms with Gasteiger partial charge in [-0.15, -0.1) is 0 Å². The fourth-order valence-corrected chi connectivity index (χ4v) is 2.35. The molecule has 1 unspecified atom stereocenters. The molecule has 120 valence electrons. The number of nitrogens with zero attached hydrogens (tertiary/aromatic N) is 1. The fraction of sp³-hybridized carbons (Fsp3) is 0.786. The lowest BCUT2D eigenvalue weighted by molar-refractivity contribution is -0.142. The average molecular weight is 299 g/mol. The second-order valence-corrected chi connectivity index (χ2v) is 5.82. The quantitative estimate of drug-likeness (QED) is 0.643. The highest BCUT2D eigenvalue weighted by atomic mass is 16.4. The summed E-state index contributed by atoms with van der Waals surface area (Å²) in [4.78, 5) is 36.1. The first-order valence-corrected chi connectivity index (χ1v) is 7.42. The summed E-state index contributed by atoms with van der Waals surface area (Å²) in [5.41, 5.74) is 0. The summed E-state index contributed by atoms with van der Waals surface area (Å²) < 4.78 is 0. The third-order valence-corrected chi connectivity index (χ3v) is 3.47. The van der Waals surface area contributed by atoms with Crippen LogP contribution in [0.2, 0.25) is 0 Å². The summed E-state index contributed by atoms with van der Waals surface area (Å²) in [6.45, 7) is 5.38. The minimum Gasteiger partial charge on any atom is -0.481 e. The van der Waals surface area contributed by atoms with Gasteiger partial charge >= 0.3 is 12.0 Å². The Bertz CT molecular complexity index is 378. The minimum atomic E-state index is -0.919. The molecule has 21 heavy (non-hydrogen) atoms. The number of nitrogens with one attached hydrogen (secondary N) is 2. The number of hydrogen-bond acceptors (Lipinski definition) is 3. The van der Waals surface area contributed by atoms with E-state index in [4.69, 9.17) is 5.11 Å². The van der Waals surface area contributed by atoms with Gasteiger partial charge in [0.15, 0.2) is 0 Å². The first kappa shape index (κ1) is 17.3. The van der Waals surface area contributed by atoms with Crippen LogP contribution in [0.4, 0.5) is 4.79 Å². The predicted molar refractivity (Wildman–Crippen MR) is 77.8 cm³/mol. The van der Waals surface area contributed by atoms with Crippen LogP contribution < -0.4 is 10.6 Å². The van der Waals surface area contributed by atoms with E-state index in [-0.39, 0.29) is 24.9 Å². The number of aliphatic carboxylic acids is 1. The Morgan fingerprint density at radius 2 is 1.76 bits per heavy atom. The van der Waals surface area contributed by atoms with Crippen LogP contribution in [0.25, 0.3) is 0 Å². The van der Waals surface area contributed by atoms with Crippen LogP contribution in [0.15, 0.2) is 0 Å². The molecular weight excluding hydrogens is 274 g/mol. The van der Waals surface area contributed by atoms with Crippen LogP contribution in [0.5, 0.6) is 0 Å². The van der Waals surface area contributed by atoms with Crippen molar-refractivity contribution in [2.24, 2.45) is 11.8 Å². The molecule has 3 amide bonds. The van der Waals surface area contributed by atoms with Crippen molar-refractivity contribution in [3.63, 3.8) is 0 Å². The van der Waals surface area contributed by atoms with Gasteiger partial charge in [-0.05, 0) is 25.2 Å². The van der Waals surface area contributed by atoms with Crippen LogP contribution in [0.3, 0.4) is 0 Å². The summed E-state index contributed by atoms with van der Waals surface area (Å²) in [7, 11) is 0. The molecule has 3 N–H and O–H groups in total. The molecule has 0 radical (unpaired) electrons. The van der Waals surface area contributed by atoms with Crippen molar-refractivity contribution in [3.8, 4) is 0 Å². The topological polar surface area (TPSA) is 98.7 Å². The van der Waals surface area contributed by atoms with Crippen LogP contribution in [0.1, 0.15) is 33.1 Å². The van der Waals surface area contributed by atoms with E-state index in [2.05, 4.69) is 10.6 Å². The van der Waals surface area contributed by atoms with Gasteiger partial charge in [0, 0.05) is 19.6 Å². The molecular formula is C14H25N3O4. The molecule has 1 rings (SSSR count). The molecule has 1 aliphatic heterocycles. The first-order chi connectivity index (χ1) is 9.90. The van der Waals surface area contributed by atoms with Crippen LogP contribution in [-0.2, 0) is 9.59 Å². The molecule has 1 heterocycles. The van der Waals surface area contributed by atoms with E-state index in [1.54, 1.807) is 4.90 Å².